The Morgan fingerprint density at radius 3 is 2.61 bits per heavy atom. The van der Waals surface area contributed by atoms with Gasteiger partial charge in [-0.3, -0.25) is 0 Å². The summed E-state index contributed by atoms with van der Waals surface area (Å²) in [4.78, 5) is 15.3. The van der Waals surface area contributed by atoms with Gasteiger partial charge in [-0.1, -0.05) is 23.2 Å². The molecule has 18 heavy (non-hydrogen) atoms. The minimum atomic E-state index is -0.469. The van der Waals surface area contributed by atoms with Crippen molar-refractivity contribution in [2.24, 2.45) is 0 Å². The molecule has 94 valence electrons. The van der Waals surface area contributed by atoms with E-state index in [4.69, 9.17) is 23.2 Å². The number of esters is 1. The number of halogens is 2. The molecule has 0 aliphatic heterocycles. The molecule has 0 bridgehead atoms. The summed E-state index contributed by atoms with van der Waals surface area (Å²) in [6, 6.07) is 5.06. The molecule has 2 rings (SSSR count). The number of anilines is 2. The Morgan fingerprint density at radius 2 is 2.00 bits per heavy atom. The number of benzene rings is 1. The molecule has 0 saturated carbocycles. The van der Waals surface area contributed by atoms with Crippen LogP contribution in [0.4, 0.5) is 10.8 Å². The minimum Gasteiger partial charge on any atom is -0.464 e. The van der Waals surface area contributed by atoms with Crippen LogP contribution in [-0.2, 0) is 4.74 Å². The van der Waals surface area contributed by atoms with Crippen LogP contribution >= 0.6 is 34.5 Å². The number of aromatic nitrogens is 1. The topological polar surface area (TPSA) is 51.2 Å². The quantitative estimate of drug-likeness (QED) is 0.871. The fourth-order valence-corrected chi connectivity index (χ4v) is 2.51. The van der Waals surface area contributed by atoms with E-state index in [1.54, 1.807) is 23.6 Å². The minimum absolute atomic E-state index is 0.262. The molecule has 0 fully saturated rings. The highest BCUT2D eigenvalue weighted by molar-refractivity contribution is 7.14. The first-order chi connectivity index (χ1) is 8.58. The zero-order valence-corrected chi connectivity index (χ0v) is 11.6. The van der Waals surface area contributed by atoms with Crippen molar-refractivity contribution in [3.8, 4) is 0 Å². The molecule has 0 radical (unpaired) electrons. The van der Waals surface area contributed by atoms with Crippen LogP contribution in [0.15, 0.2) is 23.6 Å². The number of carbonyl (C=O) groups is 1. The van der Waals surface area contributed by atoms with E-state index in [0.29, 0.717) is 20.9 Å². The van der Waals surface area contributed by atoms with E-state index in [-0.39, 0.29) is 5.69 Å². The van der Waals surface area contributed by atoms with Gasteiger partial charge in [0.25, 0.3) is 0 Å². The van der Waals surface area contributed by atoms with Crippen LogP contribution in [0, 0.1) is 0 Å². The van der Waals surface area contributed by atoms with Gasteiger partial charge in [-0.2, -0.15) is 0 Å². The normalized spacial score (nSPS) is 10.2. The number of nitrogens with zero attached hydrogens (tertiary/aromatic N) is 1. The number of nitrogens with one attached hydrogen (secondary N) is 1. The molecule has 0 spiro atoms. The van der Waals surface area contributed by atoms with Crippen LogP contribution in [0.5, 0.6) is 0 Å². The number of hydrogen-bond acceptors (Lipinski definition) is 5. The third-order valence-electron chi connectivity index (χ3n) is 2.01. The van der Waals surface area contributed by atoms with Crippen LogP contribution in [-0.4, -0.2) is 18.1 Å². The van der Waals surface area contributed by atoms with Crippen LogP contribution in [0.25, 0.3) is 0 Å². The Kier molecular flexibility index (Phi) is 4.06. The molecule has 2 aromatic rings. The van der Waals surface area contributed by atoms with Crippen LogP contribution in [0.2, 0.25) is 10.0 Å². The summed E-state index contributed by atoms with van der Waals surface area (Å²) in [5.41, 5.74) is 0.969. The third kappa shape index (κ3) is 3.13. The van der Waals surface area contributed by atoms with Gasteiger partial charge in [0.15, 0.2) is 10.8 Å². The molecule has 1 aromatic heterocycles. The van der Waals surface area contributed by atoms with Gasteiger partial charge >= 0.3 is 5.97 Å². The number of hydrogen-bond donors (Lipinski definition) is 1. The van der Waals surface area contributed by atoms with Crippen molar-refractivity contribution in [3.05, 3.63) is 39.3 Å². The molecule has 0 amide bonds. The van der Waals surface area contributed by atoms with Gasteiger partial charge in [0, 0.05) is 21.1 Å². The lowest BCUT2D eigenvalue weighted by Crippen LogP contribution is -2.01. The van der Waals surface area contributed by atoms with Gasteiger partial charge in [0.1, 0.15) is 0 Å². The first kappa shape index (κ1) is 13.1. The van der Waals surface area contributed by atoms with Crippen LogP contribution in [0.1, 0.15) is 10.5 Å². The fraction of sp³-hybridized carbons (Fsp3) is 0.0909. The second-order valence-corrected chi connectivity index (χ2v) is 5.04. The van der Waals surface area contributed by atoms with E-state index < -0.39 is 5.97 Å². The molecule has 7 heteroatoms. The van der Waals surface area contributed by atoms with E-state index in [9.17, 15) is 4.79 Å². The first-order valence-corrected chi connectivity index (χ1v) is 6.49. The second-order valence-electron chi connectivity index (χ2n) is 3.31. The summed E-state index contributed by atoms with van der Waals surface area (Å²) in [6.45, 7) is 0. The van der Waals surface area contributed by atoms with Gasteiger partial charge in [-0.05, 0) is 18.2 Å². The smallest absolute Gasteiger partial charge is 0.357 e. The third-order valence-corrected chi connectivity index (χ3v) is 3.21. The van der Waals surface area contributed by atoms with E-state index in [1.807, 2.05) is 0 Å². The predicted octanol–water partition coefficient (Wildman–Crippen LogP) is 3.98. The molecule has 0 saturated heterocycles. The summed E-state index contributed by atoms with van der Waals surface area (Å²) < 4.78 is 4.57. The van der Waals surface area contributed by atoms with Gasteiger partial charge in [-0.25, -0.2) is 9.78 Å². The number of methoxy groups -OCH3 is 1. The lowest BCUT2D eigenvalue weighted by Gasteiger charge is -2.03. The summed E-state index contributed by atoms with van der Waals surface area (Å²) in [5, 5.41) is 6.24. The van der Waals surface area contributed by atoms with E-state index in [2.05, 4.69) is 15.0 Å². The zero-order valence-electron chi connectivity index (χ0n) is 9.24. The Morgan fingerprint density at radius 1 is 1.33 bits per heavy atom. The maximum absolute atomic E-state index is 11.2. The van der Waals surface area contributed by atoms with Crippen molar-refractivity contribution in [2.45, 2.75) is 0 Å². The van der Waals surface area contributed by atoms with Crippen molar-refractivity contribution in [1.29, 1.82) is 0 Å². The van der Waals surface area contributed by atoms with Gasteiger partial charge < -0.3 is 10.1 Å². The highest BCUT2D eigenvalue weighted by Crippen LogP contribution is 2.26. The highest BCUT2D eigenvalue weighted by atomic mass is 35.5. The lowest BCUT2D eigenvalue weighted by atomic mass is 10.3. The van der Waals surface area contributed by atoms with Crippen molar-refractivity contribution >= 4 is 51.3 Å². The SMILES string of the molecule is COC(=O)c1csc(Nc2cc(Cl)cc(Cl)c2)n1. The molecule has 0 unspecified atom stereocenters. The molecular weight excluding hydrogens is 295 g/mol. The lowest BCUT2D eigenvalue weighted by molar-refractivity contribution is 0.0595. The Bertz CT molecular complexity index is 566. The first-order valence-electron chi connectivity index (χ1n) is 4.85. The predicted molar refractivity (Wildman–Crippen MR) is 73.2 cm³/mol. The largest absolute Gasteiger partial charge is 0.464 e. The molecule has 1 aromatic carbocycles. The van der Waals surface area contributed by atoms with Crippen molar-refractivity contribution < 1.29 is 9.53 Å². The molecule has 0 atom stereocenters. The Balaban J connectivity index is 2.18. The van der Waals surface area contributed by atoms with Gasteiger partial charge in [0.2, 0.25) is 0 Å². The Hall–Kier alpha value is -1.30. The van der Waals surface area contributed by atoms with Crippen molar-refractivity contribution in [3.63, 3.8) is 0 Å². The maximum atomic E-state index is 11.2. The Labute approximate surface area is 118 Å². The van der Waals surface area contributed by atoms with E-state index in [1.165, 1.54) is 18.4 Å². The molecule has 1 heterocycles. The summed E-state index contributed by atoms with van der Waals surface area (Å²) >= 11 is 13.0. The number of ether oxygens (including phenoxy) is 1. The average Bonchev–Trinajstić information content (AvgIpc) is 2.75. The molecule has 0 aliphatic rings. The fourth-order valence-electron chi connectivity index (χ4n) is 1.28. The van der Waals surface area contributed by atoms with E-state index in [0.717, 1.165) is 0 Å². The average molecular weight is 303 g/mol. The van der Waals surface area contributed by atoms with Gasteiger partial charge in [-0.15, -0.1) is 11.3 Å². The van der Waals surface area contributed by atoms with Crippen LogP contribution < -0.4 is 5.32 Å². The number of thiazole rings is 1. The standard InChI is InChI=1S/C11H8Cl2N2O2S/c1-17-10(16)9-5-18-11(15-9)14-8-3-6(12)2-7(13)4-8/h2-5H,1H3,(H,14,15). The van der Waals surface area contributed by atoms with Crippen molar-refractivity contribution in [2.75, 3.05) is 12.4 Å². The van der Waals surface area contributed by atoms with Crippen molar-refractivity contribution in [1.82, 2.24) is 4.98 Å². The number of carbonyl (C=O) groups excluding carboxylic acids is 1. The number of rotatable bonds is 3. The monoisotopic (exact) mass is 302 g/mol. The summed E-state index contributed by atoms with van der Waals surface area (Å²) in [5.74, 6) is -0.469. The summed E-state index contributed by atoms with van der Waals surface area (Å²) in [7, 11) is 1.31. The maximum Gasteiger partial charge on any atom is 0.357 e. The molecule has 0 aliphatic carbocycles. The molecule has 1 N–H and O–H groups in total. The van der Waals surface area contributed by atoms with Gasteiger partial charge in [0.05, 0.1) is 7.11 Å². The zero-order chi connectivity index (χ0) is 13.1. The van der Waals surface area contributed by atoms with Crippen LogP contribution in [0.3, 0.4) is 0 Å². The molecular formula is C11H8Cl2N2O2S. The summed E-state index contributed by atoms with van der Waals surface area (Å²) in [6.07, 6.45) is 0. The molecule has 4 nitrogen and oxygen atoms in total. The van der Waals surface area contributed by atoms with E-state index >= 15 is 0 Å². The highest BCUT2D eigenvalue weighted by Gasteiger charge is 2.10. The second kappa shape index (κ2) is 5.56.